The molecule has 0 spiro atoms. The predicted octanol–water partition coefficient (Wildman–Crippen LogP) is 3.52. The quantitative estimate of drug-likeness (QED) is 0.796. The van der Waals surface area contributed by atoms with Crippen LogP contribution < -0.4 is 0 Å². The Bertz CT molecular complexity index is 913. The molecule has 1 atom stereocenters. The molecule has 0 radical (unpaired) electrons. The molecular formula is C23H26FN3O2. The van der Waals surface area contributed by atoms with E-state index in [0.717, 1.165) is 48.3 Å². The first-order chi connectivity index (χ1) is 14.0. The Kier molecular flexibility index (Phi) is 5.60. The Morgan fingerprint density at radius 3 is 2.66 bits per heavy atom. The van der Waals surface area contributed by atoms with E-state index < -0.39 is 0 Å². The fourth-order valence-electron chi connectivity index (χ4n) is 4.29. The van der Waals surface area contributed by atoms with Crippen LogP contribution in [0.1, 0.15) is 43.0 Å². The molecule has 2 aromatic rings. The number of amides is 2. The number of rotatable bonds is 4. The maximum absolute atomic E-state index is 13.3. The summed E-state index contributed by atoms with van der Waals surface area (Å²) in [7, 11) is 0. The predicted molar refractivity (Wildman–Crippen MR) is 109 cm³/mol. The minimum absolute atomic E-state index is 0.0244. The molecule has 0 bridgehead atoms. The Hall–Kier alpha value is -2.76. The van der Waals surface area contributed by atoms with Crippen LogP contribution in [0.25, 0.3) is 11.1 Å². The second-order valence-corrected chi connectivity index (χ2v) is 8.03. The maximum Gasteiger partial charge on any atom is 0.242 e. The van der Waals surface area contributed by atoms with E-state index in [2.05, 4.69) is 6.07 Å². The van der Waals surface area contributed by atoms with Crippen LogP contribution >= 0.6 is 0 Å². The third-order valence-electron chi connectivity index (χ3n) is 5.84. The van der Waals surface area contributed by atoms with Gasteiger partial charge in [-0.2, -0.15) is 0 Å². The standard InChI is InChI=1S/C23H26FN3O2/c1-16-12-19(17-6-8-20(24)9-7-17)13-21(25-16)18-4-2-10-26(14-18)23(29)15-27-11-3-5-22(27)28/h6-9,12-13,18H,2-5,10-11,14-15H2,1H3. The van der Waals surface area contributed by atoms with E-state index in [1.807, 2.05) is 17.9 Å². The molecule has 0 N–H and O–H groups in total. The maximum atomic E-state index is 13.3. The van der Waals surface area contributed by atoms with E-state index in [1.165, 1.54) is 12.1 Å². The number of hydrogen-bond donors (Lipinski definition) is 0. The molecule has 2 amide bonds. The summed E-state index contributed by atoms with van der Waals surface area (Å²) in [5.41, 5.74) is 3.85. The lowest BCUT2D eigenvalue weighted by molar-refractivity contribution is -0.139. The van der Waals surface area contributed by atoms with E-state index in [-0.39, 0.29) is 30.1 Å². The largest absolute Gasteiger partial charge is 0.340 e. The zero-order chi connectivity index (χ0) is 20.4. The molecule has 2 aliphatic rings. The van der Waals surface area contributed by atoms with Crippen LogP contribution in [-0.4, -0.2) is 52.8 Å². The van der Waals surface area contributed by atoms with E-state index in [9.17, 15) is 14.0 Å². The highest BCUT2D eigenvalue weighted by atomic mass is 19.1. The fourth-order valence-corrected chi connectivity index (χ4v) is 4.29. The van der Waals surface area contributed by atoms with Crippen LogP contribution in [0.2, 0.25) is 0 Å². The van der Waals surface area contributed by atoms with Gasteiger partial charge in [0, 0.05) is 43.4 Å². The number of hydrogen-bond acceptors (Lipinski definition) is 3. The van der Waals surface area contributed by atoms with E-state index in [4.69, 9.17) is 4.98 Å². The lowest BCUT2D eigenvalue weighted by atomic mass is 9.92. The highest BCUT2D eigenvalue weighted by Gasteiger charge is 2.29. The van der Waals surface area contributed by atoms with Crippen molar-refractivity contribution in [3.8, 4) is 11.1 Å². The number of piperidine rings is 1. The average Bonchev–Trinajstić information content (AvgIpc) is 3.12. The first-order valence-corrected chi connectivity index (χ1v) is 10.3. The lowest BCUT2D eigenvalue weighted by Crippen LogP contribution is -2.45. The van der Waals surface area contributed by atoms with E-state index in [0.29, 0.717) is 19.5 Å². The third kappa shape index (κ3) is 4.47. The number of benzene rings is 1. The first-order valence-electron chi connectivity index (χ1n) is 10.3. The molecule has 1 unspecified atom stereocenters. The molecule has 29 heavy (non-hydrogen) atoms. The van der Waals surface area contributed by atoms with Crippen LogP contribution in [0.4, 0.5) is 4.39 Å². The van der Waals surface area contributed by atoms with Crippen molar-refractivity contribution >= 4 is 11.8 Å². The van der Waals surface area contributed by atoms with Crippen molar-refractivity contribution < 1.29 is 14.0 Å². The summed E-state index contributed by atoms with van der Waals surface area (Å²) in [6.45, 7) is 4.19. The smallest absolute Gasteiger partial charge is 0.242 e. The van der Waals surface area contributed by atoms with Crippen molar-refractivity contribution in [3.63, 3.8) is 0 Å². The van der Waals surface area contributed by atoms with Crippen molar-refractivity contribution in [1.29, 1.82) is 0 Å². The molecule has 0 aliphatic carbocycles. The van der Waals surface area contributed by atoms with Gasteiger partial charge in [-0.1, -0.05) is 12.1 Å². The normalized spacial score (nSPS) is 19.7. The minimum atomic E-state index is -0.252. The van der Waals surface area contributed by atoms with Crippen molar-refractivity contribution in [2.45, 2.75) is 38.5 Å². The van der Waals surface area contributed by atoms with Crippen LogP contribution in [0.15, 0.2) is 36.4 Å². The van der Waals surface area contributed by atoms with Gasteiger partial charge in [0.25, 0.3) is 0 Å². The molecule has 2 aliphatic heterocycles. The molecule has 3 heterocycles. The van der Waals surface area contributed by atoms with Gasteiger partial charge in [-0.3, -0.25) is 14.6 Å². The summed E-state index contributed by atoms with van der Waals surface area (Å²) in [6, 6.07) is 10.5. The van der Waals surface area contributed by atoms with Crippen LogP contribution in [-0.2, 0) is 9.59 Å². The third-order valence-corrected chi connectivity index (χ3v) is 5.84. The number of nitrogens with zero attached hydrogens (tertiary/aromatic N) is 3. The van der Waals surface area contributed by atoms with Crippen LogP contribution in [0.3, 0.4) is 0 Å². The Labute approximate surface area is 170 Å². The molecule has 1 aromatic carbocycles. The molecule has 1 aromatic heterocycles. The van der Waals surface area contributed by atoms with Crippen molar-refractivity contribution in [2.24, 2.45) is 0 Å². The summed E-state index contributed by atoms with van der Waals surface area (Å²) in [4.78, 5) is 32.9. The van der Waals surface area contributed by atoms with Gasteiger partial charge >= 0.3 is 0 Å². The number of carbonyl (C=O) groups excluding carboxylic acids is 2. The highest BCUT2D eigenvalue weighted by Crippen LogP contribution is 2.30. The Morgan fingerprint density at radius 1 is 1.14 bits per heavy atom. The number of likely N-dealkylation sites (tertiary alicyclic amines) is 2. The van der Waals surface area contributed by atoms with Gasteiger partial charge in [-0.25, -0.2) is 4.39 Å². The van der Waals surface area contributed by atoms with Crippen LogP contribution in [0.5, 0.6) is 0 Å². The molecule has 6 heteroatoms. The topological polar surface area (TPSA) is 53.5 Å². The first kappa shape index (κ1) is 19.6. The van der Waals surface area contributed by atoms with Gasteiger partial charge in [0.2, 0.25) is 11.8 Å². The number of aryl methyl sites for hydroxylation is 1. The van der Waals surface area contributed by atoms with Gasteiger partial charge in [0.05, 0.1) is 6.54 Å². The molecule has 2 saturated heterocycles. The van der Waals surface area contributed by atoms with E-state index in [1.54, 1.807) is 17.0 Å². The van der Waals surface area contributed by atoms with Crippen molar-refractivity contribution in [2.75, 3.05) is 26.2 Å². The minimum Gasteiger partial charge on any atom is -0.340 e. The molecule has 0 saturated carbocycles. The van der Waals surface area contributed by atoms with Crippen molar-refractivity contribution in [3.05, 3.63) is 53.6 Å². The fraction of sp³-hybridized carbons (Fsp3) is 0.435. The number of aromatic nitrogens is 1. The average molecular weight is 395 g/mol. The van der Waals surface area contributed by atoms with Gasteiger partial charge in [-0.05, 0) is 61.6 Å². The SMILES string of the molecule is Cc1cc(-c2ccc(F)cc2)cc(C2CCCN(C(=O)CN3CCCC3=O)C2)n1. The molecule has 4 rings (SSSR count). The van der Waals surface area contributed by atoms with Gasteiger partial charge < -0.3 is 9.80 Å². The molecular weight excluding hydrogens is 369 g/mol. The second-order valence-electron chi connectivity index (χ2n) is 8.03. The van der Waals surface area contributed by atoms with Crippen molar-refractivity contribution in [1.82, 2.24) is 14.8 Å². The van der Waals surface area contributed by atoms with Crippen LogP contribution in [0, 0.1) is 12.7 Å². The molecule has 2 fully saturated rings. The molecule has 152 valence electrons. The zero-order valence-electron chi connectivity index (χ0n) is 16.7. The second kappa shape index (κ2) is 8.31. The Balaban J connectivity index is 1.49. The van der Waals surface area contributed by atoms with Gasteiger partial charge in [0.15, 0.2) is 0 Å². The summed E-state index contributed by atoms with van der Waals surface area (Å²) in [6.07, 6.45) is 3.29. The highest BCUT2D eigenvalue weighted by molar-refractivity contribution is 5.86. The van der Waals surface area contributed by atoms with Gasteiger partial charge in [0.1, 0.15) is 5.82 Å². The monoisotopic (exact) mass is 395 g/mol. The summed E-state index contributed by atoms with van der Waals surface area (Å²) in [5.74, 6) is 0.0197. The zero-order valence-corrected chi connectivity index (χ0v) is 16.7. The number of carbonyl (C=O) groups is 2. The summed E-state index contributed by atoms with van der Waals surface area (Å²) >= 11 is 0. The lowest BCUT2D eigenvalue weighted by Gasteiger charge is -2.33. The number of halogens is 1. The Morgan fingerprint density at radius 2 is 1.93 bits per heavy atom. The van der Waals surface area contributed by atoms with E-state index >= 15 is 0 Å². The summed E-state index contributed by atoms with van der Waals surface area (Å²) < 4.78 is 13.3. The van der Waals surface area contributed by atoms with Gasteiger partial charge in [-0.15, -0.1) is 0 Å². The molecule has 5 nitrogen and oxygen atoms in total. The summed E-state index contributed by atoms with van der Waals surface area (Å²) in [5, 5.41) is 0. The number of pyridine rings is 1.